The molecule has 4 heteroatoms. The number of hydrogen-bond acceptors (Lipinski definition) is 3. The summed E-state index contributed by atoms with van der Waals surface area (Å²) in [6.45, 7) is 7.09. The third-order valence-electron chi connectivity index (χ3n) is 3.21. The van der Waals surface area contributed by atoms with Gasteiger partial charge in [-0.1, -0.05) is 26.0 Å². The van der Waals surface area contributed by atoms with Gasteiger partial charge in [0.25, 0.3) is 0 Å². The highest BCUT2D eigenvalue weighted by Gasteiger charge is 2.38. The highest BCUT2D eigenvalue weighted by molar-refractivity contribution is 8.01. The second-order valence-electron chi connectivity index (χ2n) is 5.29. The predicted octanol–water partition coefficient (Wildman–Crippen LogP) is 3.31. The Kier molecular flexibility index (Phi) is 4.40. The molecule has 19 heavy (non-hydrogen) atoms. The molecule has 1 saturated heterocycles. The number of nitrogens with zero attached hydrogens (tertiary/aromatic N) is 1. The molecule has 1 aromatic carbocycles. The van der Waals surface area contributed by atoms with Crippen molar-refractivity contribution in [3.8, 4) is 5.75 Å². The van der Waals surface area contributed by atoms with E-state index < -0.39 is 0 Å². The maximum Gasteiger partial charge on any atom is 0.236 e. The fourth-order valence-corrected chi connectivity index (χ4v) is 3.57. The molecular formula is C15H21NO2S. The first kappa shape index (κ1) is 14.3. The van der Waals surface area contributed by atoms with E-state index in [2.05, 4.69) is 26.0 Å². The Hall–Kier alpha value is -1.16. The second-order valence-corrected chi connectivity index (χ2v) is 6.71. The molecule has 1 heterocycles. The molecule has 0 N–H and O–H groups in total. The molecule has 0 unspecified atom stereocenters. The highest BCUT2D eigenvalue weighted by atomic mass is 32.2. The van der Waals surface area contributed by atoms with Crippen LogP contribution in [0.2, 0.25) is 0 Å². The van der Waals surface area contributed by atoms with E-state index in [1.165, 1.54) is 5.56 Å². The van der Waals surface area contributed by atoms with Crippen molar-refractivity contribution in [3.63, 3.8) is 0 Å². The Morgan fingerprint density at radius 1 is 1.32 bits per heavy atom. The predicted molar refractivity (Wildman–Crippen MR) is 79.3 cm³/mol. The maximum atomic E-state index is 12.2. The zero-order valence-electron chi connectivity index (χ0n) is 11.9. The molecule has 104 valence electrons. The van der Waals surface area contributed by atoms with E-state index in [4.69, 9.17) is 4.74 Å². The summed E-state index contributed by atoms with van der Waals surface area (Å²) in [7, 11) is 1.66. The van der Waals surface area contributed by atoms with Crippen LogP contribution in [0.4, 0.5) is 0 Å². The Bertz CT molecular complexity index is 444. The van der Waals surface area contributed by atoms with Crippen molar-refractivity contribution in [3.05, 3.63) is 29.8 Å². The average molecular weight is 279 g/mol. The van der Waals surface area contributed by atoms with Gasteiger partial charge in [-0.15, -0.1) is 11.8 Å². The smallest absolute Gasteiger partial charge is 0.236 e. The minimum Gasteiger partial charge on any atom is -0.497 e. The maximum absolute atomic E-state index is 12.2. The summed E-state index contributed by atoms with van der Waals surface area (Å²) < 4.78 is 5.18. The molecule has 1 aromatic rings. The van der Waals surface area contributed by atoms with Gasteiger partial charge in [-0.25, -0.2) is 0 Å². The van der Waals surface area contributed by atoms with E-state index in [1.54, 1.807) is 18.9 Å². The lowest BCUT2D eigenvalue weighted by Gasteiger charge is -2.26. The van der Waals surface area contributed by atoms with Gasteiger partial charge in [0, 0.05) is 6.54 Å². The first-order valence-electron chi connectivity index (χ1n) is 6.62. The number of amides is 1. The highest BCUT2D eigenvalue weighted by Crippen LogP contribution is 2.43. The van der Waals surface area contributed by atoms with Crippen LogP contribution in [0.5, 0.6) is 5.75 Å². The van der Waals surface area contributed by atoms with Crippen LogP contribution >= 0.6 is 11.8 Å². The molecule has 0 saturated carbocycles. The Morgan fingerprint density at radius 3 is 2.47 bits per heavy atom. The zero-order valence-corrected chi connectivity index (χ0v) is 12.7. The van der Waals surface area contributed by atoms with E-state index in [1.807, 2.05) is 24.0 Å². The number of hydrogen-bond donors (Lipinski definition) is 0. The first-order valence-corrected chi connectivity index (χ1v) is 7.57. The van der Waals surface area contributed by atoms with Gasteiger partial charge in [0.1, 0.15) is 11.1 Å². The molecule has 0 radical (unpaired) electrons. The van der Waals surface area contributed by atoms with Crippen LogP contribution in [0.25, 0.3) is 0 Å². The van der Waals surface area contributed by atoms with Gasteiger partial charge in [-0.3, -0.25) is 4.79 Å². The van der Waals surface area contributed by atoms with E-state index in [0.29, 0.717) is 5.92 Å². The van der Waals surface area contributed by atoms with E-state index >= 15 is 0 Å². The van der Waals surface area contributed by atoms with Crippen molar-refractivity contribution in [2.75, 3.05) is 13.7 Å². The van der Waals surface area contributed by atoms with Crippen LogP contribution in [0.1, 0.15) is 31.7 Å². The topological polar surface area (TPSA) is 29.5 Å². The van der Waals surface area contributed by atoms with Crippen LogP contribution in [-0.4, -0.2) is 29.7 Å². The summed E-state index contributed by atoms with van der Waals surface area (Å²) in [4.78, 5) is 14.2. The third-order valence-corrected chi connectivity index (χ3v) is 4.60. The number of carbonyl (C=O) groups is 1. The summed E-state index contributed by atoms with van der Waals surface area (Å²) in [5.74, 6) is 1.58. The van der Waals surface area contributed by atoms with Crippen molar-refractivity contribution < 1.29 is 9.53 Å². The van der Waals surface area contributed by atoms with Gasteiger partial charge < -0.3 is 9.64 Å². The summed E-state index contributed by atoms with van der Waals surface area (Å²) in [6, 6.07) is 8.01. The second kappa shape index (κ2) is 5.87. The third kappa shape index (κ3) is 3.06. The van der Waals surface area contributed by atoms with Crippen molar-refractivity contribution in [2.24, 2.45) is 5.92 Å². The van der Waals surface area contributed by atoms with E-state index in [9.17, 15) is 4.79 Å². The van der Waals surface area contributed by atoms with Gasteiger partial charge in [0.2, 0.25) is 5.91 Å². The normalized spacial score (nSPS) is 23.2. The fourth-order valence-electron chi connectivity index (χ4n) is 2.28. The van der Waals surface area contributed by atoms with Crippen LogP contribution in [0.3, 0.4) is 0 Å². The van der Waals surface area contributed by atoms with E-state index in [-0.39, 0.29) is 16.5 Å². The molecular weight excluding hydrogens is 258 g/mol. The number of methoxy groups -OCH3 is 1. The van der Waals surface area contributed by atoms with Crippen LogP contribution in [0.15, 0.2) is 24.3 Å². The zero-order chi connectivity index (χ0) is 14.0. The molecule has 0 bridgehead atoms. The Labute approximate surface area is 119 Å². The van der Waals surface area contributed by atoms with Crippen LogP contribution in [0, 0.1) is 5.92 Å². The van der Waals surface area contributed by atoms with Crippen molar-refractivity contribution in [2.45, 2.75) is 31.4 Å². The molecule has 0 aromatic heterocycles. The quantitative estimate of drug-likeness (QED) is 0.847. The molecule has 2 rings (SSSR count). The number of carbonyl (C=O) groups excluding carboxylic acids is 1. The molecule has 2 atom stereocenters. The first-order chi connectivity index (χ1) is 9.02. The molecule has 1 fully saturated rings. The molecule has 0 aliphatic carbocycles. The van der Waals surface area contributed by atoms with Crippen molar-refractivity contribution >= 4 is 17.7 Å². The summed E-state index contributed by atoms with van der Waals surface area (Å²) in [5.41, 5.74) is 1.17. The summed E-state index contributed by atoms with van der Waals surface area (Å²) >= 11 is 1.73. The molecule has 1 aliphatic rings. The average Bonchev–Trinajstić information content (AvgIpc) is 2.67. The van der Waals surface area contributed by atoms with Crippen LogP contribution in [-0.2, 0) is 4.79 Å². The lowest BCUT2D eigenvalue weighted by molar-refractivity contribution is -0.130. The van der Waals surface area contributed by atoms with Gasteiger partial charge in [0.05, 0.1) is 12.4 Å². The molecule has 0 spiro atoms. The van der Waals surface area contributed by atoms with Crippen molar-refractivity contribution in [1.29, 1.82) is 0 Å². The number of ether oxygens (including phenoxy) is 1. The van der Waals surface area contributed by atoms with Gasteiger partial charge in [0.15, 0.2) is 0 Å². The largest absolute Gasteiger partial charge is 0.497 e. The molecule has 1 amide bonds. The summed E-state index contributed by atoms with van der Waals surface area (Å²) in [5, 5.41) is 0.182. The van der Waals surface area contributed by atoms with E-state index in [0.717, 1.165) is 12.3 Å². The SMILES string of the molecule is COc1ccc([C@H]2S[C@H](C)C(=O)N2CC(C)C)cc1. The summed E-state index contributed by atoms with van der Waals surface area (Å²) in [6.07, 6.45) is 0. The van der Waals surface area contributed by atoms with Gasteiger partial charge >= 0.3 is 0 Å². The minimum atomic E-state index is 0.0471. The van der Waals surface area contributed by atoms with Crippen molar-refractivity contribution in [1.82, 2.24) is 4.90 Å². The minimum absolute atomic E-state index is 0.0471. The van der Waals surface area contributed by atoms with Crippen LogP contribution < -0.4 is 4.74 Å². The number of benzene rings is 1. The lowest BCUT2D eigenvalue weighted by Crippen LogP contribution is -2.33. The van der Waals surface area contributed by atoms with Gasteiger partial charge in [-0.05, 0) is 30.5 Å². The Balaban J connectivity index is 2.22. The number of rotatable bonds is 4. The lowest BCUT2D eigenvalue weighted by atomic mass is 10.1. The fraction of sp³-hybridized carbons (Fsp3) is 0.533. The monoisotopic (exact) mass is 279 g/mol. The number of thioether (sulfide) groups is 1. The standard InChI is InChI=1S/C15H21NO2S/c1-10(2)9-16-14(17)11(3)19-15(16)12-5-7-13(18-4)8-6-12/h5-8,10-11,15H,9H2,1-4H3/t11-,15-/m1/s1. The molecule has 1 aliphatic heterocycles. The Morgan fingerprint density at radius 2 is 1.95 bits per heavy atom. The molecule has 3 nitrogen and oxygen atoms in total. The van der Waals surface area contributed by atoms with Gasteiger partial charge in [-0.2, -0.15) is 0 Å².